The van der Waals surface area contributed by atoms with Gasteiger partial charge in [0.2, 0.25) is 11.9 Å². The molecule has 23 nitrogen and oxygen atoms in total. The largest absolute Gasteiger partial charge is 0.394 e. The molecule has 0 amide bonds. The third kappa shape index (κ3) is 6.27. The van der Waals surface area contributed by atoms with Gasteiger partial charge in [0.15, 0.2) is 36.4 Å². The molecule has 24 heteroatoms. The third-order valence-electron chi connectivity index (χ3n) is 7.31. The summed E-state index contributed by atoms with van der Waals surface area (Å²) in [6.45, 7) is -0.491. The predicted molar refractivity (Wildman–Crippen MR) is 156 cm³/mol. The summed E-state index contributed by atoms with van der Waals surface area (Å²) in [6.07, 6.45) is -9.46. The van der Waals surface area contributed by atoms with Crippen LogP contribution in [0.5, 0.6) is 0 Å². The van der Waals surface area contributed by atoms with E-state index in [1.54, 1.807) is 6.07 Å². The van der Waals surface area contributed by atoms with Gasteiger partial charge in [-0.05, 0) is 0 Å². The van der Waals surface area contributed by atoms with E-state index in [0.29, 0.717) is 0 Å². The first-order chi connectivity index (χ1) is 22.6. The maximum Gasteiger partial charge on any atom is 0.351 e. The molecule has 0 saturated carbocycles. The smallest absolute Gasteiger partial charge is 0.351 e. The molecule has 0 aromatic carbocycles. The molecular formula is C24H27N10O13P. The highest BCUT2D eigenvalue weighted by atomic mass is 31.2. The van der Waals surface area contributed by atoms with E-state index < -0.39 is 80.9 Å². The zero-order valence-electron chi connectivity index (χ0n) is 24.1. The number of aliphatic hydroxyl groups excluding tert-OH is 5. The lowest BCUT2D eigenvalue weighted by Gasteiger charge is -2.17. The molecule has 4 aromatic rings. The van der Waals surface area contributed by atoms with Crippen molar-refractivity contribution < 1.29 is 54.1 Å². The Morgan fingerprint density at radius 3 is 1.73 bits per heavy atom. The normalized spacial score (nSPS) is 27.1. The number of aliphatic hydroxyl groups is 5. The number of H-pyrrole nitrogens is 2. The van der Waals surface area contributed by atoms with E-state index in [9.17, 15) is 39.8 Å². The Balaban J connectivity index is 0.000000190. The van der Waals surface area contributed by atoms with Crippen LogP contribution in [-0.4, -0.2) is 114 Å². The quantitative estimate of drug-likeness (QED) is 0.0850. The number of ether oxygens (including phenoxy) is 3. The molecule has 48 heavy (non-hydrogen) atoms. The lowest BCUT2D eigenvalue weighted by Crippen LogP contribution is -2.33. The number of fused-ring (bicyclic) bond motifs is 2. The summed E-state index contributed by atoms with van der Waals surface area (Å²) in [5.41, 5.74) is 9.67. The van der Waals surface area contributed by atoms with E-state index in [0.717, 1.165) is 4.57 Å². The van der Waals surface area contributed by atoms with Crippen LogP contribution >= 0.6 is 7.60 Å². The standard InChI is InChI=1S/C12H14N5O8P.C12H13N5O5/c13-1-4-2-17(8-5(4)9(20)16-12(14)15-8)10-6(18)7(19)11(25-10)24-3-26(21,22)23;13-1-4-2-17(9-6(4)10(21)16-12(14)15-9)11-8(20)7(19)5(3-18)22-11/h2,6-7,10-11,18-19H,3H2,(H2,21,22,23)(H3,14,15,16,20);2,5,7-8,11,18-20H,3H2,(H3,14,15,16,21)/t6-,7?,10+,11-;5-,7?,8+,11-/m01/s1. The van der Waals surface area contributed by atoms with E-state index in [1.807, 2.05) is 6.07 Å². The first-order valence-corrected chi connectivity index (χ1v) is 15.3. The van der Waals surface area contributed by atoms with E-state index in [4.69, 9.17) is 45.8 Å². The molecule has 2 saturated heterocycles. The number of hydrogen-bond donors (Lipinski definition) is 11. The van der Waals surface area contributed by atoms with Crippen molar-refractivity contribution >= 4 is 41.6 Å². The Morgan fingerprint density at radius 1 is 0.854 bits per heavy atom. The van der Waals surface area contributed by atoms with Gasteiger partial charge in [0, 0.05) is 12.4 Å². The fourth-order valence-electron chi connectivity index (χ4n) is 5.18. The average molecular weight is 695 g/mol. The minimum Gasteiger partial charge on any atom is -0.394 e. The molecule has 4 aromatic heterocycles. The zero-order chi connectivity index (χ0) is 35.2. The van der Waals surface area contributed by atoms with E-state index in [2.05, 4.69) is 19.9 Å². The lowest BCUT2D eigenvalue weighted by atomic mass is 10.1. The molecule has 0 bridgehead atoms. The second kappa shape index (κ2) is 13.0. The van der Waals surface area contributed by atoms with Gasteiger partial charge < -0.3 is 70.1 Å². The topological polar surface area (TPSA) is 387 Å². The highest BCUT2D eigenvalue weighted by Gasteiger charge is 2.46. The Labute approximate surface area is 265 Å². The Hall–Kier alpha value is -4.75. The van der Waals surface area contributed by atoms with Crippen LogP contribution in [-0.2, 0) is 18.8 Å². The minimum absolute atomic E-state index is 0.00874. The summed E-state index contributed by atoms with van der Waals surface area (Å²) in [4.78, 5) is 54.0. The van der Waals surface area contributed by atoms with E-state index in [-0.39, 0.29) is 45.1 Å². The SMILES string of the molecule is N#Cc1cn([C@@H]2O[C@H](CO)C(O)[C@@H]2O)c2nc(N)[nH]c(=O)c12.N#Cc1cn([C@@H]2O[C@H](OCP(=O)(O)O)C(O)[C@@H]2O)c2nc(N)[nH]c(=O)c12. The van der Waals surface area contributed by atoms with E-state index in [1.165, 1.54) is 17.0 Å². The fraction of sp³-hybridized carbons (Fsp3) is 0.417. The maximum absolute atomic E-state index is 12.0. The van der Waals surface area contributed by atoms with Crippen LogP contribution in [0, 0.1) is 22.7 Å². The van der Waals surface area contributed by atoms with Gasteiger partial charge >= 0.3 is 7.60 Å². The van der Waals surface area contributed by atoms with Gasteiger partial charge in [-0.15, -0.1) is 0 Å². The Bertz CT molecular complexity index is 2110. The molecule has 6 rings (SSSR count). The fourth-order valence-corrected chi connectivity index (χ4v) is 5.52. The predicted octanol–water partition coefficient (Wildman–Crippen LogP) is -4.30. The van der Waals surface area contributed by atoms with Gasteiger partial charge in [0.1, 0.15) is 53.4 Å². The molecule has 0 aliphatic carbocycles. The number of nitrogens with zero attached hydrogens (tertiary/aromatic N) is 6. The van der Waals surface area contributed by atoms with Gasteiger partial charge in [-0.2, -0.15) is 20.5 Å². The average Bonchev–Trinajstić information content (AvgIpc) is 3.73. The maximum atomic E-state index is 12.0. The van der Waals surface area contributed by atoms with Gasteiger partial charge in [-0.25, -0.2) is 0 Å². The van der Waals surface area contributed by atoms with Crippen molar-refractivity contribution in [3.05, 3.63) is 44.2 Å². The minimum atomic E-state index is -4.53. The van der Waals surface area contributed by atoms with Crippen molar-refractivity contribution in [3.63, 3.8) is 0 Å². The van der Waals surface area contributed by atoms with Gasteiger partial charge in [0.05, 0.1) is 17.7 Å². The Kier molecular flexibility index (Phi) is 9.39. The molecule has 2 aliphatic rings. The summed E-state index contributed by atoms with van der Waals surface area (Å²) in [5.74, 6) is -0.401. The van der Waals surface area contributed by atoms with Crippen LogP contribution in [0.2, 0.25) is 0 Å². The third-order valence-corrected chi connectivity index (χ3v) is 7.79. The summed E-state index contributed by atoms with van der Waals surface area (Å²) in [6, 6.07) is 3.66. The number of nitrogens with one attached hydrogen (secondary N) is 2. The molecule has 256 valence electrons. The lowest BCUT2D eigenvalue weighted by molar-refractivity contribution is -0.167. The van der Waals surface area contributed by atoms with Crippen LogP contribution in [0.4, 0.5) is 11.9 Å². The van der Waals surface area contributed by atoms with Crippen LogP contribution in [0.25, 0.3) is 22.1 Å². The summed E-state index contributed by atoms with van der Waals surface area (Å²) >= 11 is 0. The summed E-state index contributed by atoms with van der Waals surface area (Å²) in [7, 11) is -4.53. The van der Waals surface area contributed by atoms with Crippen molar-refractivity contribution in [1.29, 1.82) is 10.5 Å². The zero-order valence-corrected chi connectivity index (χ0v) is 24.9. The monoisotopic (exact) mass is 694 g/mol. The molecule has 8 atom stereocenters. The van der Waals surface area contributed by atoms with Gasteiger partial charge in [0.25, 0.3) is 11.1 Å². The number of nitrogen functional groups attached to an aromatic ring is 2. The van der Waals surface area contributed by atoms with Crippen LogP contribution in [0.1, 0.15) is 23.6 Å². The number of hydrogen-bond acceptors (Lipinski definition) is 17. The molecule has 0 radical (unpaired) electrons. The number of aromatic amines is 2. The Morgan fingerprint density at radius 2 is 1.31 bits per heavy atom. The highest BCUT2D eigenvalue weighted by molar-refractivity contribution is 7.51. The summed E-state index contributed by atoms with van der Waals surface area (Å²) < 4.78 is 28.8. The van der Waals surface area contributed by atoms with Crippen molar-refractivity contribution in [1.82, 2.24) is 29.1 Å². The second-order valence-electron chi connectivity index (χ2n) is 10.5. The first-order valence-electron chi connectivity index (χ1n) is 13.5. The van der Waals surface area contributed by atoms with E-state index >= 15 is 0 Å². The molecule has 2 unspecified atom stereocenters. The molecule has 6 heterocycles. The number of nitrogens with two attached hydrogens (primary N) is 2. The molecular weight excluding hydrogens is 667 g/mol. The van der Waals surface area contributed by atoms with Crippen molar-refractivity contribution in [3.8, 4) is 12.1 Å². The number of nitriles is 2. The van der Waals surface area contributed by atoms with Crippen molar-refractivity contribution in [2.75, 3.05) is 24.4 Å². The van der Waals surface area contributed by atoms with Gasteiger partial charge in [-0.3, -0.25) is 24.1 Å². The van der Waals surface area contributed by atoms with Crippen molar-refractivity contribution in [2.24, 2.45) is 0 Å². The summed E-state index contributed by atoms with van der Waals surface area (Å²) in [5, 5.41) is 67.4. The van der Waals surface area contributed by atoms with Crippen LogP contribution < -0.4 is 22.6 Å². The number of aromatic nitrogens is 6. The molecule has 13 N–H and O–H groups in total. The molecule has 0 spiro atoms. The van der Waals surface area contributed by atoms with Crippen LogP contribution in [0.3, 0.4) is 0 Å². The van der Waals surface area contributed by atoms with Crippen molar-refractivity contribution in [2.45, 2.75) is 49.3 Å². The molecule has 2 aliphatic heterocycles. The second-order valence-corrected chi connectivity index (χ2v) is 12.1. The molecule has 2 fully saturated rings. The highest BCUT2D eigenvalue weighted by Crippen LogP contribution is 2.38. The first kappa shape index (κ1) is 34.6. The number of rotatable bonds is 6. The van der Waals surface area contributed by atoms with Crippen LogP contribution in [0.15, 0.2) is 22.0 Å². The number of anilines is 2. The van der Waals surface area contributed by atoms with Gasteiger partial charge in [-0.1, -0.05) is 0 Å².